The van der Waals surface area contributed by atoms with E-state index in [4.69, 9.17) is 14.4 Å². The highest BCUT2D eigenvalue weighted by Gasteiger charge is 1.93. The summed E-state index contributed by atoms with van der Waals surface area (Å²) in [7, 11) is -3.13. The van der Waals surface area contributed by atoms with Crippen molar-refractivity contribution in [2.45, 2.75) is 19.3 Å². The van der Waals surface area contributed by atoms with E-state index in [2.05, 4.69) is 5.32 Å². The lowest BCUT2D eigenvalue weighted by Gasteiger charge is -2.08. The lowest BCUT2D eigenvalue weighted by molar-refractivity contribution is 0.405. The van der Waals surface area contributed by atoms with E-state index in [0.717, 1.165) is 0 Å². The lowest BCUT2D eigenvalue weighted by atomic mass is 10.2. The van der Waals surface area contributed by atoms with Crippen molar-refractivity contribution in [2.75, 3.05) is 13.1 Å². The minimum atomic E-state index is -3.13. The van der Waals surface area contributed by atoms with Gasteiger partial charge in [0.1, 0.15) is 0 Å². The van der Waals surface area contributed by atoms with E-state index in [0.29, 0.717) is 0 Å². The normalized spacial score (nSPS) is 16.3. The van der Waals surface area contributed by atoms with E-state index in [-0.39, 0.29) is 17.0 Å². The molecular formula is C5H15BrNO3P. The van der Waals surface area contributed by atoms with Crippen LogP contribution in [0.4, 0.5) is 0 Å². The van der Waals surface area contributed by atoms with Crippen molar-refractivity contribution in [2.24, 2.45) is 0 Å². The first kappa shape index (κ1) is 14.1. The highest BCUT2D eigenvalue weighted by Crippen LogP contribution is 1.98. The highest BCUT2D eigenvalue weighted by atomic mass is 79.9. The summed E-state index contributed by atoms with van der Waals surface area (Å²) in [6.45, 7) is 2.50. The molecule has 0 aromatic carbocycles. The van der Waals surface area contributed by atoms with Crippen LogP contribution < -0.4 is 5.32 Å². The molecule has 11 heavy (non-hydrogen) atoms. The SMILES string of the molecule is Br.C1CCNCC1.O=[PH](O)O. The molecule has 4 nitrogen and oxygen atoms in total. The molecule has 0 radical (unpaired) electrons. The van der Waals surface area contributed by atoms with Crippen LogP contribution in [0.3, 0.4) is 0 Å². The van der Waals surface area contributed by atoms with Crippen molar-refractivity contribution in [1.29, 1.82) is 0 Å². The van der Waals surface area contributed by atoms with E-state index in [9.17, 15) is 0 Å². The summed E-state index contributed by atoms with van der Waals surface area (Å²) >= 11 is 0. The Morgan fingerprint density at radius 2 is 1.45 bits per heavy atom. The molecule has 0 aliphatic carbocycles. The topological polar surface area (TPSA) is 69.6 Å². The molecule has 0 spiro atoms. The molecule has 1 rings (SSSR count). The first-order valence-corrected chi connectivity index (χ1v) is 4.66. The molecule has 0 aromatic heterocycles. The molecule has 6 heteroatoms. The average molecular weight is 248 g/mol. The fraction of sp³-hybridized carbons (Fsp3) is 1.00. The first-order chi connectivity index (χ1) is 4.73. The van der Waals surface area contributed by atoms with Crippen LogP contribution in [0.1, 0.15) is 19.3 Å². The van der Waals surface area contributed by atoms with Gasteiger partial charge in [0.15, 0.2) is 0 Å². The number of nitrogens with one attached hydrogen (secondary N) is 1. The number of rotatable bonds is 0. The fourth-order valence-corrected chi connectivity index (χ4v) is 0.802. The number of piperidine rings is 1. The molecule has 1 heterocycles. The van der Waals surface area contributed by atoms with Crippen LogP contribution in [-0.4, -0.2) is 22.9 Å². The molecule has 0 aromatic rings. The van der Waals surface area contributed by atoms with Crippen molar-refractivity contribution in [3.63, 3.8) is 0 Å². The zero-order valence-electron chi connectivity index (χ0n) is 6.25. The average Bonchev–Trinajstić information content (AvgIpc) is 1.90. The minimum Gasteiger partial charge on any atom is -0.326 e. The van der Waals surface area contributed by atoms with Gasteiger partial charge in [0.25, 0.3) is 0 Å². The number of halogens is 1. The second kappa shape index (κ2) is 10.6. The number of hydrogen-bond donors (Lipinski definition) is 3. The first-order valence-electron chi connectivity index (χ1n) is 3.36. The van der Waals surface area contributed by atoms with Gasteiger partial charge in [0, 0.05) is 0 Å². The van der Waals surface area contributed by atoms with Gasteiger partial charge < -0.3 is 15.1 Å². The summed E-state index contributed by atoms with van der Waals surface area (Å²) < 4.78 is 8.74. The van der Waals surface area contributed by atoms with Gasteiger partial charge in [-0.15, -0.1) is 17.0 Å². The molecule has 0 unspecified atom stereocenters. The number of hydrogen-bond acceptors (Lipinski definition) is 2. The predicted molar refractivity (Wildman–Crippen MR) is 50.5 cm³/mol. The van der Waals surface area contributed by atoms with E-state index in [1.807, 2.05) is 0 Å². The Hall–Kier alpha value is 0.590. The molecule has 0 saturated carbocycles. The van der Waals surface area contributed by atoms with Crippen LogP contribution in [0.15, 0.2) is 0 Å². The van der Waals surface area contributed by atoms with Gasteiger partial charge in [0.2, 0.25) is 0 Å². The molecule has 1 saturated heterocycles. The maximum Gasteiger partial charge on any atom is 0.314 e. The minimum absolute atomic E-state index is 0. The summed E-state index contributed by atoms with van der Waals surface area (Å²) in [5.41, 5.74) is 0. The van der Waals surface area contributed by atoms with Gasteiger partial charge in [-0.25, -0.2) is 0 Å². The molecular weight excluding hydrogens is 233 g/mol. The third-order valence-electron chi connectivity index (χ3n) is 1.21. The van der Waals surface area contributed by atoms with Crippen LogP contribution in [0, 0.1) is 0 Å². The van der Waals surface area contributed by atoms with E-state index >= 15 is 0 Å². The second-order valence-corrected chi connectivity index (χ2v) is 2.66. The summed E-state index contributed by atoms with van der Waals surface area (Å²) in [6.07, 6.45) is 4.22. The Bertz CT molecular complexity index is 84.2. The third-order valence-corrected chi connectivity index (χ3v) is 1.21. The van der Waals surface area contributed by atoms with Crippen LogP contribution in [0.5, 0.6) is 0 Å². The standard InChI is InChI=1S/C5H11N.BrH.H3O3P/c1-2-4-6-5-3-1;;1-4(2)3/h6H,1-5H2;1H;4H,(H2,1,2,3). The molecule has 0 atom stereocenters. The Kier molecular flexibility index (Phi) is 13.6. The maximum absolute atomic E-state index is 8.74. The molecule has 3 N–H and O–H groups in total. The quantitative estimate of drug-likeness (QED) is 0.552. The van der Waals surface area contributed by atoms with Gasteiger partial charge in [0.05, 0.1) is 0 Å². The second-order valence-electron chi connectivity index (χ2n) is 2.09. The highest BCUT2D eigenvalue weighted by molar-refractivity contribution is 8.93. The van der Waals surface area contributed by atoms with Gasteiger partial charge in [-0.2, -0.15) is 0 Å². The largest absolute Gasteiger partial charge is 0.326 e. The van der Waals surface area contributed by atoms with Crippen molar-refractivity contribution in [3.8, 4) is 0 Å². The summed E-state index contributed by atoms with van der Waals surface area (Å²) in [4.78, 5) is 14.3. The summed E-state index contributed by atoms with van der Waals surface area (Å²) in [5, 5.41) is 3.28. The summed E-state index contributed by atoms with van der Waals surface area (Å²) in [6, 6.07) is 0. The van der Waals surface area contributed by atoms with E-state index in [1.54, 1.807) is 0 Å². The maximum atomic E-state index is 8.74. The zero-order valence-corrected chi connectivity index (χ0v) is 8.96. The Morgan fingerprint density at radius 1 is 1.09 bits per heavy atom. The lowest BCUT2D eigenvalue weighted by Crippen LogP contribution is -2.21. The monoisotopic (exact) mass is 247 g/mol. The molecule has 1 aliphatic rings. The third kappa shape index (κ3) is 18.0. The summed E-state index contributed by atoms with van der Waals surface area (Å²) in [5.74, 6) is 0. The van der Waals surface area contributed by atoms with Gasteiger partial charge >= 0.3 is 8.25 Å². The van der Waals surface area contributed by atoms with Gasteiger partial charge in [-0.3, -0.25) is 4.57 Å². The van der Waals surface area contributed by atoms with Crippen LogP contribution >= 0.6 is 25.2 Å². The molecule has 1 aliphatic heterocycles. The smallest absolute Gasteiger partial charge is 0.314 e. The van der Waals surface area contributed by atoms with Crippen molar-refractivity contribution in [1.82, 2.24) is 5.32 Å². The van der Waals surface area contributed by atoms with Crippen LogP contribution in [-0.2, 0) is 4.57 Å². The predicted octanol–water partition coefficient (Wildman–Crippen LogP) is 0.698. The zero-order chi connectivity index (χ0) is 7.82. The van der Waals surface area contributed by atoms with Crippen molar-refractivity contribution in [3.05, 3.63) is 0 Å². The Labute approximate surface area is 77.7 Å². The van der Waals surface area contributed by atoms with E-state index < -0.39 is 8.25 Å². The van der Waals surface area contributed by atoms with Gasteiger partial charge in [-0.05, 0) is 25.9 Å². The van der Waals surface area contributed by atoms with Crippen molar-refractivity contribution < 1.29 is 14.4 Å². The van der Waals surface area contributed by atoms with Crippen molar-refractivity contribution >= 4 is 25.2 Å². The molecule has 1 fully saturated rings. The van der Waals surface area contributed by atoms with E-state index in [1.165, 1.54) is 32.4 Å². The van der Waals surface area contributed by atoms with Crippen LogP contribution in [0.25, 0.3) is 0 Å². The molecule has 0 bridgehead atoms. The Morgan fingerprint density at radius 3 is 1.55 bits per heavy atom. The van der Waals surface area contributed by atoms with Crippen LogP contribution in [0.2, 0.25) is 0 Å². The van der Waals surface area contributed by atoms with Gasteiger partial charge in [-0.1, -0.05) is 6.42 Å². The molecule has 0 amide bonds. The fourth-order valence-electron chi connectivity index (χ4n) is 0.802. The molecule has 70 valence electrons. The Balaban J connectivity index is 0.